The summed E-state index contributed by atoms with van der Waals surface area (Å²) in [4.78, 5) is 11.6. The molecule has 16 heavy (non-hydrogen) atoms. The summed E-state index contributed by atoms with van der Waals surface area (Å²) in [5.74, 6) is -0.476. The zero-order valence-electron chi connectivity index (χ0n) is 8.51. The quantitative estimate of drug-likeness (QED) is 0.810. The second-order valence-corrected chi connectivity index (χ2v) is 4.62. The molecular formula is C10H10FIN2O2. The van der Waals surface area contributed by atoms with E-state index in [1.807, 2.05) is 22.6 Å². The molecule has 1 aromatic rings. The number of anilines is 2. The van der Waals surface area contributed by atoms with Gasteiger partial charge in [-0.15, -0.1) is 0 Å². The van der Waals surface area contributed by atoms with Crippen LogP contribution in [0.15, 0.2) is 12.1 Å². The first-order valence-corrected chi connectivity index (χ1v) is 5.75. The van der Waals surface area contributed by atoms with E-state index in [-0.39, 0.29) is 18.3 Å². The maximum absolute atomic E-state index is 13.3. The van der Waals surface area contributed by atoms with Gasteiger partial charge in [-0.2, -0.15) is 0 Å². The molecule has 0 saturated carbocycles. The van der Waals surface area contributed by atoms with E-state index in [9.17, 15) is 9.18 Å². The third-order valence-electron chi connectivity index (χ3n) is 2.30. The molecule has 4 nitrogen and oxygen atoms in total. The van der Waals surface area contributed by atoms with Crippen LogP contribution in [0.3, 0.4) is 0 Å². The highest BCUT2D eigenvalue weighted by molar-refractivity contribution is 14.1. The number of nitrogens with one attached hydrogen (secondary N) is 2. The minimum Gasteiger partial charge on any atom is -0.382 e. The third-order valence-corrected chi connectivity index (χ3v) is 3.12. The lowest BCUT2D eigenvalue weighted by Gasteiger charge is -2.26. The molecule has 0 bridgehead atoms. The molecule has 2 rings (SSSR count). The third kappa shape index (κ3) is 2.12. The molecule has 1 aliphatic rings. The highest BCUT2D eigenvalue weighted by Crippen LogP contribution is 2.30. The van der Waals surface area contributed by atoms with Gasteiger partial charge in [-0.05, 0) is 28.7 Å². The van der Waals surface area contributed by atoms with E-state index in [4.69, 9.17) is 4.74 Å². The summed E-state index contributed by atoms with van der Waals surface area (Å²) in [7, 11) is 1.51. The molecule has 2 N–H and O–H groups in total. The Kier molecular flexibility index (Phi) is 3.29. The number of halogens is 2. The molecule has 1 amide bonds. The molecule has 0 radical (unpaired) electrons. The van der Waals surface area contributed by atoms with Crippen molar-refractivity contribution in [3.8, 4) is 0 Å². The summed E-state index contributed by atoms with van der Waals surface area (Å²) < 4.78 is 18.7. The van der Waals surface area contributed by atoms with Crippen LogP contribution >= 0.6 is 22.6 Å². The summed E-state index contributed by atoms with van der Waals surface area (Å²) in [6.45, 7) is 0.249. The zero-order valence-corrected chi connectivity index (χ0v) is 10.7. The minimum absolute atomic E-state index is 0.170. The number of hydrogen-bond donors (Lipinski definition) is 2. The van der Waals surface area contributed by atoms with Crippen LogP contribution in [0.25, 0.3) is 0 Å². The summed E-state index contributed by atoms with van der Waals surface area (Å²) in [5, 5.41) is 5.65. The summed E-state index contributed by atoms with van der Waals surface area (Å²) >= 11 is 1.88. The molecule has 1 heterocycles. The lowest BCUT2D eigenvalue weighted by Crippen LogP contribution is -2.41. The predicted octanol–water partition coefficient (Wildman–Crippen LogP) is 1.81. The average molecular weight is 336 g/mol. The van der Waals surface area contributed by atoms with Crippen molar-refractivity contribution in [1.29, 1.82) is 0 Å². The van der Waals surface area contributed by atoms with E-state index in [0.29, 0.717) is 14.9 Å². The standard InChI is InChI=1S/C10H10FIN2O2/c1-16-4-9-10(15)14-8-3-6(12)5(11)2-7(8)13-9/h2-3,9,13H,4H2,1H3,(H,14,15). The van der Waals surface area contributed by atoms with Gasteiger partial charge in [0.05, 0.1) is 21.6 Å². The predicted molar refractivity (Wildman–Crippen MR) is 67.0 cm³/mol. The molecule has 0 saturated heterocycles. The monoisotopic (exact) mass is 336 g/mol. The lowest BCUT2D eigenvalue weighted by molar-refractivity contribution is -0.118. The van der Waals surface area contributed by atoms with E-state index in [1.165, 1.54) is 13.2 Å². The van der Waals surface area contributed by atoms with E-state index in [1.54, 1.807) is 6.07 Å². The molecule has 0 spiro atoms. The van der Waals surface area contributed by atoms with Crippen molar-refractivity contribution in [3.63, 3.8) is 0 Å². The fourth-order valence-electron chi connectivity index (χ4n) is 1.53. The van der Waals surface area contributed by atoms with Gasteiger partial charge in [0.15, 0.2) is 0 Å². The number of carbonyl (C=O) groups is 1. The van der Waals surface area contributed by atoms with Gasteiger partial charge in [-0.3, -0.25) is 4.79 Å². The van der Waals surface area contributed by atoms with Crippen molar-refractivity contribution < 1.29 is 13.9 Å². The van der Waals surface area contributed by atoms with Gasteiger partial charge < -0.3 is 15.4 Å². The Morgan fingerprint density at radius 1 is 1.50 bits per heavy atom. The van der Waals surface area contributed by atoms with Crippen LogP contribution < -0.4 is 10.6 Å². The van der Waals surface area contributed by atoms with Gasteiger partial charge >= 0.3 is 0 Å². The van der Waals surface area contributed by atoms with Gasteiger partial charge in [-0.25, -0.2) is 4.39 Å². The van der Waals surface area contributed by atoms with Gasteiger partial charge in [0.1, 0.15) is 11.9 Å². The van der Waals surface area contributed by atoms with Gasteiger partial charge in [0.25, 0.3) is 0 Å². The van der Waals surface area contributed by atoms with E-state index in [0.717, 1.165) is 0 Å². The Labute approximate surface area is 106 Å². The molecule has 1 aromatic carbocycles. The summed E-state index contributed by atoms with van der Waals surface area (Å²) in [6, 6.07) is 2.50. The Balaban J connectivity index is 2.32. The van der Waals surface area contributed by atoms with Crippen LogP contribution in [-0.4, -0.2) is 25.7 Å². The normalized spacial score (nSPS) is 18.7. The fraction of sp³-hybridized carbons (Fsp3) is 0.300. The van der Waals surface area contributed by atoms with Crippen LogP contribution in [0, 0.1) is 9.39 Å². The van der Waals surface area contributed by atoms with Crippen molar-refractivity contribution in [2.75, 3.05) is 24.4 Å². The van der Waals surface area contributed by atoms with Crippen LogP contribution in [0.4, 0.5) is 15.8 Å². The number of ether oxygens (including phenoxy) is 1. The second kappa shape index (κ2) is 4.54. The summed E-state index contributed by atoms with van der Waals surface area (Å²) in [5.41, 5.74) is 1.18. The maximum atomic E-state index is 13.3. The Hall–Kier alpha value is -0.890. The van der Waals surface area contributed by atoms with Gasteiger partial charge in [0.2, 0.25) is 5.91 Å². The molecule has 1 atom stereocenters. The highest BCUT2D eigenvalue weighted by atomic mass is 127. The number of carbonyl (C=O) groups excluding carboxylic acids is 1. The maximum Gasteiger partial charge on any atom is 0.249 e. The first kappa shape index (κ1) is 11.6. The van der Waals surface area contributed by atoms with Crippen LogP contribution in [0.2, 0.25) is 0 Å². The number of benzene rings is 1. The molecule has 1 unspecified atom stereocenters. The number of hydrogen-bond acceptors (Lipinski definition) is 3. The van der Waals surface area contributed by atoms with Crippen molar-refractivity contribution in [2.45, 2.75) is 6.04 Å². The lowest BCUT2D eigenvalue weighted by atomic mass is 10.1. The van der Waals surface area contributed by atoms with Crippen LogP contribution in [0.1, 0.15) is 0 Å². The highest BCUT2D eigenvalue weighted by Gasteiger charge is 2.26. The molecule has 6 heteroatoms. The Bertz CT molecular complexity index is 439. The number of fused-ring (bicyclic) bond motifs is 1. The Morgan fingerprint density at radius 2 is 2.25 bits per heavy atom. The van der Waals surface area contributed by atoms with E-state index >= 15 is 0 Å². The molecule has 0 aromatic heterocycles. The Morgan fingerprint density at radius 3 is 2.94 bits per heavy atom. The minimum atomic E-state index is -0.475. The second-order valence-electron chi connectivity index (χ2n) is 3.45. The van der Waals surface area contributed by atoms with Crippen LogP contribution in [0.5, 0.6) is 0 Å². The smallest absolute Gasteiger partial charge is 0.249 e. The fourth-order valence-corrected chi connectivity index (χ4v) is 1.99. The first-order chi connectivity index (χ1) is 7.61. The van der Waals surface area contributed by atoms with E-state index in [2.05, 4.69) is 10.6 Å². The number of rotatable bonds is 2. The van der Waals surface area contributed by atoms with Crippen molar-refractivity contribution in [2.24, 2.45) is 0 Å². The zero-order chi connectivity index (χ0) is 11.7. The average Bonchev–Trinajstić information content (AvgIpc) is 2.23. The SMILES string of the molecule is COCC1Nc2cc(F)c(I)cc2NC1=O. The molecule has 0 aliphatic carbocycles. The number of amides is 1. The topological polar surface area (TPSA) is 50.4 Å². The van der Waals surface area contributed by atoms with Crippen LogP contribution in [-0.2, 0) is 9.53 Å². The largest absolute Gasteiger partial charge is 0.382 e. The van der Waals surface area contributed by atoms with Crippen molar-refractivity contribution in [1.82, 2.24) is 0 Å². The molecular weight excluding hydrogens is 326 g/mol. The molecule has 86 valence electrons. The van der Waals surface area contributed by atoms with E-state index < -0.39 is 6.04 Å². The molecule has 0 fully saturated rings. The number of methoxy groups -OCH3 is 1. The molecule has 1 aliphatic heterocycles. The first-order valence-electron chi connectivity index (χ1n) is 4.67. The van der Waals surface area contributed by atoms with Crippen molar-refractivity contribution >= 4 is 39.9 Å². The van der Waals surface area contributed by atoms with Gasteiger partial charge in [-0.1, -0.05) is 0 Å². The summed E-state index contributed by atoms with van der Waals surface area (Å²) in [6.07, 6.45) is 0. The van der Waals surface area contributed by atoms with Gasteiger partial charge in [0, 0.05) is 13.2 Å². The van der Waals surface area contributed by atoms with Crippen molar-refractivity contribution in [3.05, 3.63) is 21.5 Å².